The molecule has 0 saturated heterocycles. The standard InChI is InChI=1S/C21H24N2/c22-17-23(20-14-8-3-9-15-20)21(19-12-6-2-7-13-19)16-18-10-4-1-5-11-18/h1-2,4-7,10-13,20-21H,3,8-9,14-16H2. The van der Waals surface area contributed by atoms with Gasteiger partial charge in [0.1, 0.15) is 0 Å². The van der Waals surface area contributed by atoms with Crippen LogP contribution in [0.5, 0.6) is 0 Å². The van der Waals surface area contributed by atoms with Crippen molar-refractivity contribution < 1.29 is 0 Å². The molecular formula is C21H24N2. The molecule has 118 valence electrons. The lowest BCUT2D eigenvalue weighted by molar-refractivity contribution is 0.172. The third kappa shape index (κ3) is 3.93. The predicted octanol–water partition coefficient (Wildman–Crippen LogP) is 5.09. The summed E-state index contributed by atoms with van der Waals surface area (Å²) in [6.45, 7) is 0. The van der Waals surface area contributed by atoms with Crippen molar-refractivity contribution in [1.29, 1.82) is 5.26 Å². The van der Waals surface area contributed by atoms with Crippen LogP contribution in [0.1, 0.15) is 49.3 Å². The first kappa shape index (κ1) is 15.6. The first-order valence-electron chi connectivity index (χ1n) is 8.65. The molecule has 2 heteroatoms. The number of nitrogens with zero attached hydrogens (tertiary/aromatic N) is 2. The monoisotopic (exact) mass is 304 g/mol. The Labute approximate surface area is 139 Å². The molecule has 0 spiro atoms. The number of hydrogen-bond donors (Lipinski definition) is 0. The summed E-state index contributed by atoms with van der Waals surface area (Å²) in [5.74, 6) is 0. The minimum atomic E-state index is 0.131. The second-order valence-corrected chi connectivity index (χ2v) is 6.42. The van der Waals surface area contributed by atoms with Crippen LogP contribution in [0.15, 0.2) is 60.7 Å². The van der Waals surface area contributed by atoms with E-state index in [1.54, 1.807) is 0 Å². The van der Waals surface area contributed by atoms with Crippen molar-refractivity contribution in [2.24, 2.45) is 0 Å². The van der Waals surface area contributed by atoms with E-state index in [0.717, 1.165) is 19.3 Å². The maximum Gasteiger partial charge on any atom is 0.180 e. The lowest BCUT2D eigenvalue weighted by atomic mass is 9.90. The van der Waals surface area contributed by atoms with E-state index in [4.69, 9.17) is 0 Å². The molecule has 0 bridgehead atoms. The Kier molecular flexibility index (Phi) is 5.32. The zero-order valence-corrected chi connectivity index (χ0v) is 13.6. The van der Waals surface area contributed by atoms with Gasteiger partial charge in [-0.05, 0) is 30.4 Å². The molecule has 0 radical (unpaired) electrons. The van der Waals surface area contributed by atoms with Crippen LogP contribution in [0.25, 0.3) is 0 Å². The predicted molar refractivity (Wildman–Crippen MR) is 93.7 cm³/mol. The largest absolute Gasteiger partial charge is 0.300 e. The van der Waals surface area contributed by atoms with Gasteiger partial charge < -0.3 is 0 Å². The van der Waals surface area contributed by atoms with Crippen LogP contribution >= 0.6 is 0 Å². The van der Waals surface area contributed by atoms with Crippen LogP contribution in [-0.4, -0.2) is 10.9 Å². The van der Waals surface area contributed by atoms with E-state index in [-0.39, 0.29) is 6.04 Å². The number of hydrogen-bond acceptors (Lipinski definition) is 2. The summed E-state index contributed by atoms with van der Waals surface area (Å²) in [7, 11) is 0. The van der Waals surface area contributed by atoms with Gasteiger partial charge in [-0.3, -0.25) is 4.90 Å². The first-order chi connectivity index (χ1) is 11.4. The average Bonchev–Trinajstić information content (AvgIpc) is 2.64. The van der Waals surface area contributed by atoms with E-state index in [2.05, 4.69) is 59.6 Å². The molecule has 2 nitrogen and oxygen atoms in total. The summed E-state index contributed by atoms with van der Waals surface area (Å²) in [6.07, 6.45) is 9.50. The summed E-state index contributed by atoms with van der Waals surface area (Å²) < 4.78 is 0. The summed E-state index contributed by atoms with van der Waals surface area (Å²) in [5, 5.41) is 9.86. The van der Waals surface area contributed by atoms with Crippen LogP contribution in [0.3, 0.4) is 0 Å². The Morgan fingerprint density at radius 2 is 1.52 bits per heavy atom. The van der Waals surface area contributed by atoms with Gasteiger partial charge in [0.15, 0.2) is 6.19 Å². The molecule has 2 aromatic rings. The lowest BCUT2D eigenvalue weighted by Crippen LogP contribution is -2.37. The van der Waals surface area contributed by atoms with E-state index < -0.39 is 0 Å². The minimum Gasteiger partial charge on any atom is -0.300 e. The molecule has 0 N–H and O–H groups in total. The number of benzene rings is 2. The van der Waals surface area contributed by atoms with E-state index in [1.165, 1.54) is 30.4 Å². The normalized spacial score (nSPS) is 16.5. The molecule has 1 aliphatic carbocycles. The zero-order valence-electron chi connectivity index (χ0n) is 13.6. The van der Waals surface area contributed by atoms with Gasteiger partial charge in [-0.25, -0.2) is 0 Å². The van der Waals surface area contributed by atoms with Crippen molar-refractivity contribution in [2.45, 2.75) is 50.6 Å². The fourth-order valence-electron chi connectivity index (χ4n) is 3.65. The minimum absolute atomic E-state index is 0.131. The Bertz CT molecular complexity index is 624. The van der Waals surface area contributed by atoms with Gasteiger partial charge in [0.25, 0.3) is 0 Å². The Hall–Kier alpha value is -2.27. The number of rotatable bonds is 5. The highest BCUT2D eigenvalue weighted by Crippen LogP contribution is 2.32. The Morgan fingerprint density at radius 3 is 2.13 bits per heavy atom. The zero-order chi connectivity index (χ0) is 15.9. The smallest absolute Gasteiger partial charge is 0.180 e. The third-order valence-electron chi connectivity index (χ3n) is 4.88. The maximum atomic E-state index is 9.86. The fraction of sp³-hybridized carbons (Fsp3) is 0.381. The van der Waals surface area contributed by atoms with Crippen molar-refractivity contribution in [2.75, 3.05) is 0 Å². The Morgan fingerprint density at radius 1 is 0.913 bits per heavy atom. The molecule has 0 amide bonds. The summed E-state index contributed by atoms with van der Waals surface area (Å²) in [5.41, 5.74) is 2.53. The molecule has 3 rings (SSSR count). The van der Waals surface area contributed by atoms with Gasteiger partial charge in [0.2, 0.25) is 0 Å². The second-order valence-electron chi connectivity index (χ2n) is 6.42. The summed E-state index contributed by atoms with van der Waals surface area (Å²) in [6, 6.07) is 21.5. The molecule has 2 aromatic carbocycles. The molecule has 1 atom stereocenters. The van der Waals surface area contributed by atoms with Crippen molar-refractivity contribution in [3.05, 3.63) is 71.8 Å². The van der Waals surface area contributed by atoms with Crippen LogP contribution in [0, 0.1) is 11.5 Å². The molecule has 0 heterocycles. The van der Waals surface area contributed by atoms with Gasteiger partial charge in [-0.2, -0.15) is 5.26 Å². The average molecular weight is 304 g/mol. The van der Waals surface area contributed by atoms with Gasteiger partial charge >= 0.3 is 0 Å². The van der Waals surface area contributed by atoms with Crippen molar-refractivity contribution in [3.63, 3.8) is 0 Å². The molecule has 0 aromatic heterocycles. The van der Waals surface area contributed by atoms with Crippen molar-refractivity contribution >= 4 is 0 Å². The first-order valence-corrected chi connectivity index (χ1v) is 8.65. The van der Waals surface area contributed by atoms with E-state index in [9.17, 15) is 5.26 Å². The van der Waals surface area contributed by atoms with Crippen LogP contribution in [-0.2, 0) is 6.42 Å². The van der Waals surface area contributed by atoms with Crippen molar-refractivity contribution in [1.82, 2.24) is 4.90 Å². The van der Waals surface area contributed by atoms with Gasteiger partial charge in [-0.1, -0.05) is 79.9 Å². The molecular weight excluding hydrogens is 280 g/mol. The quantitative estimate of drug-likeness (QED) is 0.568. The van der Waals surface area contributed by atoms with E-state index in [0.29, 0.717) is 6.04 Å². The van der Waals surface area contributed by atoms with E-state index in [1.807, 2.05) is 12.1 Å². The maximum absolute atomic E-state index is 9.86. The third-order valence-corrected chi connectivity index (χ3v) is 4.88. The van der Waals surface area contributed by atoms with Gasteiger partial charge in [0, 0.05) is 6.04 Å². The van der Waals surface area contributed by atoms with Crippen molar-refractivity contribution in [3.8, 4) is 6.19 Å². The van der Waals surface area contributed by atoms with Gasteiger partial charge in [0.05, 0.1) is 6.04 Å². The van der Waals surface area contributed by atoms with Crippen LogP contribution in [0.4, 0.5) is 0 Å². The molecule has 0 aliphatic heterocycles. The highest BCUT2D eigenvalue weighted by atomic mass is 15.2. The second kappa shape index (κ2) is 7.83. The van der Waals surface area contributed by atoms with Crippen LogP contribution < -0.4 is 0 Å². The van der Waals surface area contributed by atoms with E-state index >= 15 is 0 Å². The van der Waals surface area contributed by atoms with Gasteiger partial charge in [-0.15, -0.1) is 0 Å². The Balaban J connectivity index is 1.88. The molecule has 1 unspecified atom stereocenters. The molecule has 1 aliphatic rings. The lowest BCUT2D eigenvalue weighted by Gasteiger charge is -2.36. The van der Waals surface area contributed by atoms with Crippen LogP contribution in [0.2, 0.25) is 0 Å². The summed E-state index contributed by atoms with van der Waals surface area (Å²) in [4.78, 5) is 2.07. The topological polar surface area (TPSA) is 27.0 Å². The highest BCUT2D eigenvalue weighted by Gasteiger charge is 2.28. The highest BCUT2D eigenvalue weighted by molar-refractivity contribution is 5.25. The molecule has 23 heavy (non-hydrogen) atoms. The summed E-state index contributed by atoms with van der Waals surface area (Å²) >= 11 is 0. The molecule has 1 fully saturated rings. The number of nitriles is 1. The fourth-order valence-corrected chi connectivity index (χ4v) is 3.65. The SMILES string of the molecule is N#CN(C1CCCCC1)C(Cc1ccccc1)c1ccccc1. The molecule has 1 saturated carbocycles.